The average molecular weight is 415 g/mol. The number of amides is 2. The highest BCUT2D eigenvalue weighted by atomic mass is 32.2. The number of nitrogens with zero attached hydrogens (tertiary/aromatic N) is 3. The third-order valence-electron chi connectivity index (χ3n) is 4.78. The number of likely N-dealkylation sites (N-methyl/N-ethyl adjacent to an activating group) is 1. The molecular formula is C18H30N4O5S. The Morgan fingerprint density at radius 2 is 2.04 bits per heavy atom. The molecule has 1 unspecified atom stereocenters. The molecule has 1 aliphatic rings. The number of nitrogens with one attached hydrogen (secondary N) is 1. The SMILES string of the molecule is CCN(CC(=O)NC(C)C)C(=O)C1CCCN(S(=O)(=O)c2c(C)noc2C)C1. The molecule has 1 saturated heterocycles. The molecule has 9 nitrogen and oxygen atoms in total. The summed E-state index contributed by atoms with van der Waals surface area (Å²) in [5.74, 6) is -0.649. The zero-order valence-corrected chi connectivity index (χ0v) is 18.0. The quantitative estimate of drug-likeness (QED) is 0.714. The van der Waals surface area contributed by atoms with Gasteiger partial charge in [0.25, 0.3) is 0 Å². The fourth-order valence-electron chi connectivity index (χ4n) is 3.48. The van der Waals surface area contributed by atoms with Crippen LogP contribution in [0.1, 0.15) is 45.1 Å². The molecule has 1 aromatic rings. The Kier molecular flexibility index (Phi) is 7.22. The van der Waals surface area contributed by atoms with E-state index >= 15 is 0 Å². The zero-order chi connectivity index (χ0) is 21.1. The van der Waals surface area contributed by atoms with Gasteiger partial charge in [0, 0.05) is 25.7 Å². The third-order valence-corrected chi connectivity index (χ3v) is 6.89. The number of hydrogen-bond donors (Lipinski definition) is 1. The highest BCUT2D eigenvalue weighted by Gasteiger charge is 2.37. The van der Waals surface area contributed by atoms with Crippen LogP contribution in [0.3, 0.4) is 0 Å². The Morgan fingerprint density at radius 1 is 1.36 bits per heavy atom. The Hall–Kier alpha value is -1.94. The maximum Gasteiger partial charge on any atom is 0.248 e. The maximum atomic E-state index is 13.0. The number of carbonyl (C=O) groups excluding carboxylic acids is 2. The predicted molar refractivity (Wildman–Crippen MR) is 103 cm³/mol. The van der Waals surface area contributed by atoms with Crippen molar-refractivity contribution in [2.24, 2.45) is 5.92 Å². The lowest BCUT2D eigenvalue weighted by atomic mass is 9.98. The summed E-state index contributed by atoms with van der Waals surface area (Å²) in [5.41, 5.74) is 0.312. The largest absolute Gasteiger partial charge is 0.360 e. The van der Waals surface area contributed by atoms with Crippen LogP contribution < -0.4 is 5.32 Å². The molecule has 0 spiro atoms. The minimum atomic E-state index is -3.79. The number of sulfonamides is 1. The van der Waals surface area contributed by atoms with Gasteiger partial charge in [0.2, 0.25) is 21.8 Å². The number of hydrogen-bond acceptors (Lipinski definition) is 6. The van der Waals surface area contributed by atoms with Crippen molar-refractivity contribution in [3.63, 3.8) is 0 Å². The van der Waals surface area contributed by atoms with Crippen molar-refractivity contribution in [3.05, 3.63) is 11.5 Å². The lowest BCUT2D eigenvalue weighted by Crippen LogP contribution is -2.49. The van der Waals surface area contributed by atoms with Crippen LogP contribution in [0.25, 0.3) is 0 Å². The van der Waals surface area contributed by atoms with E-state index in [1.807, 2.05) is 20.8 Å². The average Bonchev–Trinajstić information content (AvgIpc) is 2.97. The number of aryl methyl sites for hydroxylation is 2. The van der Waals surface area contributed by atoms with Gasteiger partial charge in [0.15, 0.2) is 5.76 Å². The topological polar surface area (TPSA) is 113 Å². The van der Waals surface area contributed by atoms with E-state index in [2.05, 4.69) is 10.5 Å². The van der Waals surface area contributed by atoms with Gasteiger partial charge in [-0.05, 0) is 47.5 Å². The normalized spacial score (nSPS) is 18.3. The lowest BCUT2D eigenvalue weighted by molar-refractivity contribution is -0.140. The van der Waals surface area contributed by atoms with Crippen LogP contribution in [0.4, 0.5) is 0 Å². The van der Waals surface area contributed by atoms with E-state index in [0.717, 1.165) is 0 Å². The summed E-state index contributed by atoms with van der Waals surface area (Å²) < 4.78 is 32.4. The molecule has 1 aliphatic heterocycles. The van der Waals surface area contributed by atoms with Crippen LogP contribution >= 0.6 is 0 Å². The van der Waals surface area contributed by atoms with Crippen molar-refractivity contribution in [1.82, 2.24) is 19.7 Å². The van der Waals surface area contributed by atoms with Crippen LogP contribution in [0.2, 0.25) is 0 Å². The van der Waals surface area contributed by atoms with Gasteiger partial charge in [-0.1, -0.05) is 5.16 Å². The summed E-state index contributed by atoms with van der Waals surface area (Å²) in [7, 11) is -3.79. The highest BCUT2D eigenvalue weighted by Crippen LogP contribution is 2.28. The molecule has 0 saturated carbocycles. The van der Waals surface area contributed by atoms with Gasteiger partial charge in [-0.2, -0.15) is 4.31 Å². The van der Waals surface area contributed by atoms with Gasteiger partial charge >= 0.3 is 0 Å². The maximum absolute atomic E-state index is 13.0. The predicted octanol–water partition coefficient (Wildman–Crippen LogP) is 1.07. The molecule has 0 aromatic carbocycles. The molecule has 2 heterocycles. The van der Waals surface area contributed by atoms with Crippen molar-refractivity contribution >= 4 is 21.8 Å². The van der Waals surface area contributed by atoms with E-state index in [9.17, 15) is 18.0 Å². The van der Waals surface area contributed by atoms with Gasteiger partial charge in [-0.3, -0.25) is 9.59 Å². The molecule has 2 amide bonds. The first-order valence-electron chi connectivity index (χ1n) is 9.59. The molecule has 0 radical (unpaired) electrons. The number of carbonyl (C=O) groups is 2. The summed E-state index contributed by atoms with van der Waals surface area (Å²) in [6.07, 6.45) is 1.17. The molecule has 1 fully saturated rings. The smallest absolute Gasteiger partial charge is 0.248 e. The molecule has 1 atom stereocenters. The second-order valence-electron chi connectivity index (χ2n) is 7.43. The monoisotopic (exact) mass is 414 g/mol. The van der Waals surface area contributed by atoms with E-state index in [-0.39, 0.29) is 41.6 Å². The van der Waals surface area contributed by atoms with E-state index in [0.29, 0.717) is 31.6 Å². The first kappa shape index (κ1) is 22.4. The number of piperidine rings is 1. The Bertz CT molecular complexity index is 798. The number of aromatic nitrogens is 1. The second kappa shape index (κ2) is 9.04. The van der Waals surface area contributed by atoms with Crippen LogP contribution in [-0.2, 0) is 19.6 Å². The lowest BCUT2D eigenvalue weighted by Gasteiger charge is -2.33. The van der Waals surface area contributed by atoms with Crippen molar-refractivity contribution in [1.29, 1.82) is 0 Å². The summed E-state index contributed by atoms with van der Waals surface area (Å²) in [4.78, 5) is 26.5. The van der Waals surface area contributed by atoms with E-state index < -0.39 is 15.9 Å². The first-order chi connectivity index (χ1) is 13.1. The Morgan fingerprint density at radius 3 is 2.57 bits per heavy atom. The Labute approximate surface area is 166 Å². The molecular weight excluding hydrogens is 384 g/mol. The van der Waals surface area contributed by atoms with Crippen LogP contribution in [0, 0.1) is 19.8 Å². The molecule has 1 N–H and O–H groups in total. The van der Waals surface area contributed by atoms with E-state index in [1.54, 1.807) is 13.8 Å². The first-order valence-corrected chi connectivity index (χ1v) is 11.0. The van der Waals surface area contributed by atoms with Crippen molar-refractivity contribution in [2.75, 3.05) is 26.2 Å². The third kappa shape index (κ3) is 4.91. The summed E-state index contributed by atoms with van der Waals surface area (Å²) in [5, 5.41) is 6.50. The zero-order valence-electron chi connectivity index (χ0n) is 17.2. The second-order valence-corrected chi connectivity index (χ2v) is 9.30. The molecule has 158 valence electrons. The van der Waals surface area contributed by atoms with E-state index in [4.69, 9.17) is 4.52 Å². The standard InChI is InChI=1S/C18H30N4O5S/c1-6-21(11-16(23)19-12(2)3)18(24)15-8-7-9-22(10-15)28(25,26)17-13(4)20-27-14(17)5/h12,15H,6-11H2,1-5H3,(H,19,23). The molecule has 0 bridgehead atoms. The highest BCUT2D eigenvalue weighted by molar-refractivity contribution is 7.89. The summed E-state index contributed by atoms with van der Waals surface area (Å²) in [6.45, 7) is 9.46. The van der Waals surface area contributed by atoms with Gasteiger partial charge < -0.3 is 14.7 Å². The van der Waals surface area contributed by atoms with Crippen LogP contribution in [0.5, 0.6) is 0 Å². The summed E-state index contributed by atoms with van der Waals surface area (Å²) >= 11 is 0. The summed E-state index contributed by atoms with van der Waals surface area (Å²) in [6, 6.07) is -0.00771. The minimum absolute atomic E-state index is 0.00771. The molecule has 2 rings (SSSR count). The molecule has 10 heteroatoms. The van der Waals surface area contributed by atoms with Crippen molar-refractivity contribution in [2.45, 2.75) is 58.4 Å². The molecule has 1 aromatic heterocycles. The number of rotatable bonds is 7. The van der Waals surface area contributed by atoms with Crippen LogP contribution in [0.15, 0.2) is 9.42 Å². The van der Waals surface area contributed by atoms with Gasteiger partial charge in [0.05, 0.1) is 12.5 Å². The molecule has 28 heavy (non-hydrogen) atoms. The van der Waals surface area contributed by atoms with E-state index in [1.165, 1.54) is 9.21 Å². The minimum Gasteiger partial charge on any atom is -0.360 e. The van der Waals surface area contributed by atoms with Crippen molar-refractivity contribution < 1.29 is 22.5 Å². The Balaban J connectivity index is 2.13. The van der Waals surface area contributed by atoms with Gasteiger partial charge in [-0.15, -0.1) is 0 Å². The molecule has 0 aliphatic carbocycles. The fourth-order valence-corrected chi connectivity index (χ4v) is 5.29. The van der Waals surface area contributed by atoms with Crippen molar-refractivity contribution in [3.8, 4) is 0 Å². The van der Waals surface area contributed by atoms with Gasteiger partial charge in [0.1, 0.15) is 10.6 Å². The van der Waals surface area contributed by atoms with Gasteiger partial charge in [-0.25, -0.2) is 8.42 Å². The fraction of sp³-hybridized carbons (Fsp3) is 0.722. The van der Waals surface area contributed by atoms with Crippen LogP contribution in [-0.4, -0.2) is 66.8 Å².